The van der Waals surface area contributed by atoms with Gasteiger partial charge in [0.2, 0.25) is 10.0 Å². The van der Waals surface area contributed by atoms with Crippen LogP contribution in [0.3, 0.4) is 0 Å². The summed E-state index contributed by atoms with van der Waals surface area (Å²) in [6, 6.07) is 24.4. The minimum atomic E-state index is -3.63. The van der Waals surface area contributed by atoms with E-state index in [4.69, 9.17) is 5.14 Å². The highest BCUT2D eigenvalue weighted by Crippen LogP contribution is 2.21. The number of aromatic nitrogens is 1. The second kappa shape index (κ2) is 9.75. The summed E-state index contributed by atoms with van der Waals surface area (Å²) >= 11 is 4.09. The van der Waals surface area contributed by atoms with E-state index in [9.17, 15) is 8.42 Å². The molecular weight excluding hydrogens is 392 g/mol. The third-order valence-electron chi connectivity index (χ3n) is 3.57. The van der Waals surface area contributed by atoms with Crippen LogP contribution in [0.25, 0.3) is 21.7 Å². The van der Waals surface area contributed by atoms with Crippen molar-refractivity contribution in [3.05, 3.63) is 85.1 Å². The summed E-state index contributed by atoms with van der Waals surface area (Å²) in [6.07, 6.45) is 1.81. The van der Waals surface area contributed by atoms with Crippen molar-refractivity contribution in [1.82, 2.24) is 4.98 Å². The van der Waals surface area contributed by atoms with Crippen molar-refractivity contribution in [3.63, 3.8) is 0 Å². The number of nitrogens with two attached hydrogens (primary N) is 3. The SMILES string of the molecule is NC(N)=S.NS(=O)(=O)c1cccc2ccccc12.c1ccc2ncccc2c1. The first-order chi connectivity index (χ1) is 13.3. The number of thiocarbonyl (C=S) groups is 1. The van der Waals surface area contributed by atoms with Crippen molar-refractivity contribution in [1.29, 1.82) is 0 Å². The number of hydrogen-bond donors (Lipinski definition) is 3. The number of rotatable bonds is 1. The lowest BCUT2D eigenvalue weighted by Crippen LogP contribution is -2.18. The van der Waals surface area contributed by atoms with E-state index in [0.29, 0.717) is 5.39 Å². The van der Waals surface area contributed by atoms with Crippen molar-refractivity contribution in [2.45, 2.75) is 4.90 Å². The molecule has 4 rings (SSSR count). The van der Waals surface area contributed by atoms with Gasteiger partial charge in [-0.3, -0.25) is 4.98 Å². The van der Waals surface area contributed by atoms with Crippen LogP contribution in [0.5, 0.6) is 0 Å². The third-order valence-corrected chi connectivity index (χ3v) is 4.54. The monoisotopic (exact) mass is 412 g/mol. The van der Waals surface area contributed by atoms with Gasteiger partial charge in [-0.25, -0.2) is 13.6 Å². The fraction of sp³-hybridized carbons (Fsp3) is 0. The van der Waals surface area contributed by atoms with Gasteiger partial charge in [0.05, 0.1) is 10.4 Å². The van der Waals surface area contributed by atoms with E-state index in [-0.39, 0.29) is 10.0 Å². The zero-order chi connectivity index (χ0) is 20.6. The van der Waals surface area contributed by atoms with E-state index in [1.54, 1.807) is 18.2 Å². The van der Waals surface area contributed by atoms with Gasteiger partial charge in [0.25, 0.3) is 0 Å². The Balaban J connectivity index is 0.000000175. The van der Waals surface area contributed by atoms with Crippen LogP contribution < -0.4 is 16.6 Å². The highest BCUT2D eigenvalue weighted by Gasteiger charge is 2.10. The van der Waals surface area contributed by atoms with Crippen LogP contribution in [0.15, 0.2) is 90.0 Å². The largest absolute Gasteiger partial charge is 0.377 e. The molecule has 0 amide bonds. The standard InChI is InChI=1S/C10H9NO2S.C9H7N.CH4N2S/c11-14(12,13)10-7-3-5-8-4-1-2-6-9(8)10;1-2-6-9-8(4-1)5-3-7-10-9;2-1(3)4/h1-7H,(H2,11,12,13);1-7H;(H4,2,3,4). The summed E-state index contributed by atoms with van der Waals surface area (Å²) in [4.78, 5) is 4.36. The van der Waals surface area contributed by atoms with Crippen LogP contribution in [-0.2, 0) is 10.0 Å². The first-order valence-electron chi connectivity index (χ1n) is 8.14. The average Bonchev–Trinajstić information content (AvgIpc) is 2.67. The van der Waals surface area contributed by atoms with Gasteiger partial charge < -0.3 is 11.5 Å². The summed E-state index contributed by atoms with van der Waals surface area (Å²) in [6.45, 7) is 0. The molecule has 3 aromatic carbocycles. The zero-order valence-corrected chi connectivity index (χ0v) is 16.5. The van der Waals surface area contributed by atoms with E-state index in [1.165, 1.54) is 11.5 Å². The van der Waals surface area contributed by atoms with Gasteiger partial charge in [0, 0.05) is 17.0 Å². The quantitative estimate of drug-likeness (QED) is 0.413. The maximum absolute atomic E-state index is 11.2. The molecule has 0 spiro atoms. The zero-order valence-electron chi connectivity index (χ0n) is 14.9. The van der Waals surface area contributed by atoms with E-state index >= 15 is 0 Å². The van der Waals surface area contributed by atoms with E-state index in [2.05, 4.69) is 40.8 Å². The van der Waals surface area contributed by atoms with Gasteiger partial charge >= 0.3 is 0 Å². The van der Waals surface area contributed by atoms with Crippen molar-refractivity contribution in [2.24, 2.45) is 16.6 Å². The summed E-state index contributed by atoms with van der Waals surface area (Å²) in [7, 11) is -3.63. The number of nitrogens with zero attached hydrogens (tertiary/aromatic N) is 1. The van der Waals surface area contributed by atoms with E-state index in [0.717, 1.165) is 10.9 Å². The number of hydrogen-bond acceptors (Lipinski definition) is 4. The molecule has 0 aliphatic heterocycles. The minimum absolute atomic E-state index is 0.000000000000000222. The molecule has 0 fully saturated rings. The maximum Gasteiger partial charge on any atom is 0.238 e. The Morgan fingerprint density at radius 1 is 0.786 bits per heavy atom. The molecule has 1 heterocycles. The normalized spacial score (nSPS) is 10.3. The molecule has 0 aliphatic rings. The summed E-state index contributed by atoms with van der Waals surface area (Å²) in [5.41, 5.74) is 10.3. The average molecular weight is 413 g/mol. The fourth-order valence-corrected chi connectivity index (χ4v) is 3.22. The van der Waals surface area contributed by atoms with Crippen LogP contribution >= 0.6 is 12.2 Å². The maximum atomic E-state index is 11.2. The lowest BCUT2D eigenvalue weighted by atomic mass is 10.1. The van der Waals surface area contributed by atoms with Crippen molar-refractivity contribution >= 4 is 49.0 Å². The molecule has 6 N–H and O–H groups in total. The van der Waals surface area contributed by atoms with Gasteiger partial charge in [-0.1, -0.05) is 60.7 Å². The molecule has 6 nitrogen and oxygen atoms in total. The molecule has 0 bridgehead atoms. The Morgan fingerprint density at radius 3 is 1.96 bits per heavy atom. The number of fused-ring (bicyclic) bond motifs is 2. The Hall–Kier alpha value is -3.07. The molecule has 8 heteroatoms. The molecule has 1 aromatic heterocycles. The van der Waals surface area contributed by atoms with Crippen LogP contribution in [0.4, 0.5) is 0 Å². The number of primary sulfonamides is 1. The second-order valence-corrected chi connectivity index (χ2v) is 7.62. The molecule has 28 heavy (non-hydrogen) atoms. The molecular formula is C20H20N4O2S2. The van der Waals surface area contributed by atoms with Crippen molar-refractivity contribution in [3.8, 4) is 0 Å². The molecule has 0 radical (unpaired) electrons. The predicted octanol–water partition coefficient (Wildman–Crippen LogP) is 2.91. The summed E-state index contributed by atoms with van der Waals surface area (Å²) in [5.74, 6) is 0. The van der Waals surface area contributed by atoms with E-state index in [1.807, 2.05) is 48.7 Å². The highest BCUT2D eigenvalue weighted by atomic mass is 32.2. The lowest BCUT2D eigenvalue weighted by Gasteiger charge is -2.02. The van der Waals surface area contributed by atoms with Gasteiger partial charge in [-0.2, -0.15) is 0 Å². The van der Waals surface area contributed by atoms with E-state index < -0.39 is 10.0 Å². The molecule has 0 saturated heterocycles. The Labute approximate surface area is 169 Å². The molecule has 144 valence electrons. The Morgan fingerprint density at radius 2 is 1.32 bits per heavy atom. The number of sulfonamides is 1. The van der Waals surface area contributed by atoms with Crippen LogP contribution in [0.2, 0.25) is 0 Å². The fourth-order valence-electron chi connectivity index (χ4n) is 2.46. The van der Waals surface area contributed by atoms with Gasteiger partial charge in [0.15, 0.2) is 5.11 Å². The number of para-hydroxylation sites is 1. The highest BCUT2D eigenvalue weighted by molar-refractivity contribution is 7.89. The van der Waals surface area contributed by atoms with Crippen molar-refractivity contribution in [2.75, 3.05) is 0 Å². The van der Waals surface area contributed by atoms with Crippen molar-refractivity contribution < 1.29 is 8.42 Å². The minimum Gasteiger partial charge on any atom is -0.377 e. The van der Waals surface area contributed by atoms with Crippen LogP contribution in [-0.4, -0.2) is 18.5 Å². The first-order valence-corrected chi connectivity index (χ1v) is 10.1. The van der Waals surface area contributed by atoms with Crippen LogP contribution in [0, 0.1) is 0 Å². The first kappa shape index (κ1) is 21.2. The topological polar surface area (TPSA) is 125 Å². The predicted molar refractivity (Wildman–Crippen MR) is 118 cm³/mol. The molecule has 0 aliphatic carbocycles. The molecule has 0 unspecified atom stereocenters. The Kier molecular flexibility index (Phi) is 7.39. The summed E-state index contributed by atoms with van der Waals surface area (Å²) in [5, 5.41) is 7.83. The number of pyridine rings is 1. The molecule has 4 aromatic rings. The van der Waals surface area contributed by atoms with Gasteiger partial charge in [0.1, 0.15) is 0 Å². The second-order valence-electron chi connectivity index (χ2n) is 5.62. The molecule has 0 atom stereocenters. The Bertz CT molecular complexity index is 1120. The third kappa shape index (κ3) is 6.27. The lowest BCUT2D eigenvalue weighted by molar-refractivity contribution is 0.598. The molecule has 0 saturated carbocycles. The summed E-state index contributed by atoms with van der Waals surface area (Å²) < 4.78 is 22.4. The smallest absolute Gasteiger partial charge is 0.238 e. The van der Waals surface area contributed by atoms with Crippen LogP contribution in [0.1, 0.15) is 0 Å². The number of benzene rings is 3. The van der Waals surface area contributed by atoms with Gasteiger partial charge in [-0.15, -0.1) is 0 Å². The van der Waals surface area contributed by atoms with Gasteiger partial charge in [-0.05, 0) is 35.8 Å².